The number of hydrogen-bond acceptors (Lipinski definition) is 8. The molecule has 1 aromatic carbocycles. The lowest BCUT2D eigenvalue weighted by Gasteiger charge is -2.14. The number of anilines is 2. The molecule has 0 radical (unpaired) electrons. The van der Waals surface area contributed by atoms with E-state index in [0.29, 0.717) is 5.56 Å². The van der Waals surface area contributed by atoms with Crippen LogP contribution in [0.1, 0.15) is 35.0 Å². The van der Waals surface area contributed by atoms with Gasteiger partial charge in [-0.2, -0.15) is 5.10 Å². The lowest BCUT2D eigenvalue weighted by atomic mass is 10.0. The summed E-state index contributed by atoms with van der Waals surface area (Å²) in [5.41, 5.74) is -0.278. The number of aromatic nitrogens is 4. The van der Waals surface area contributed by atoms with Crippen molar-refractivity contribution in [3.05, 3.63) is 41.4 Å². The van der Waals surface area contributed by atoms with Crippen molar-refractivity contribution < 1.29 is 30.6 Å². The van der Waals surface area contributed by atoms with Crippen molar-refractivity contribution in [1.82, 2.24) is 25.1 Å². The number of hydrogen-bond donors (Lipinski definition) is 3. The Kier molecular flexibility index (Phi) is 6.06. The van der Waals surface area contributed by atoms with E-state index in [1.165, 1.54) is 23.0 Å². The molecule has 0 unspecified atom stereocenters. The number of nitrogens with one attached hydrogen (secondary N) is 3. The van der Waals surface area contributed by atoms with Crippen LogP contribution in [0.25, 0.3) is 22.5 Å². The molecule has 0 aliphatic carbocycles. The minimum Gasteiger partial charge on any atom is -0.453 e. The molecule has 194 valence electrons. The van der Waals surface area contributed by atoms with Gasteiger partial charge < -0.3 is 15.4 Å². The Morgan fingerprint density at radius 1 is 1.31 bits per heavy atom. The van der Waals surface area contributed by atoms with Gasteiger partial charge in [0.25, 0.3) is 0 Å². The van der Waals surface area contributed by atoms with Crippen LogP contribution in [0.5, 0.6) is 0 Å². The number of benzene rings is 1. The number of carbonyl (C=O) groups excluding carboxylic acids is 1. The zero-order valence-corrected chi connectivity index (χ0v) is 20.9. The second kappa shape index (κ2) is 11.1. The van der Waals surface area contributed by atoms with Gasteiger partial charge >= 0.3 is 6.09 Å². The van der Waals surface area contributed by atoms with E-state index in [0.717, 1.165) is 6.07 Å². The molecule has 3 N–H and O–H groups in total. The van der Waals surface area contributed by atoms with E-state index in [1.54, 1.807) is 17.8 Å². The van der Waals surface area contributed by atoms with Crippen molar-refractivity contribution in [3.63, 3.8) is 0 Å². The van der Waals surface area contributed by atoms with Gasteiger partial charge in [-0.1, -0.05) is 11.6 Å². The summed E-state index contributed by atoms with van der Waals surface area (Å²) in [7, 11) is -7.85. The number of halogens is 2. The summed E-state index contributed by atoms with van der Waals surface area (Å²) in [6.45, 7) is 5.31. The largest absolute Gasteiger partial charge is 0.453 e. The normalized spacial score (nSPS) is 15.5. The van der Waals surface area contributed by atoms with E-state index >= 15 is 4.39 Å². The summed E-state index contributed by atoms with van der Waals surface area (Å²) in [4.78, 5) is 20.2. The van der Waals surface area contributed by atoms with Gasteiger partial charge in [0.1, 0.15) is 5.69 Å². The van der Waals surface area contributed by atoms with Crippen LogP contribution < -0.4 is 15.4 Å². The van der Waals surface area contributed by atoms with Crippen LogP contribution in [0.2, 0.25) is 5.02 Å². The van der Waals surface area contributed by atoms with Gasteiger partial charge in [-0.3, -0.25) is 9.40 Å². The zero-order chi connectivity index (χ0) is 31.6. The summed E-state index contributed by atoms with van der Waals surface area (Å²) in [5, 5.41) is 9.60. The molecular weight excluding hydrogens is 513 g/mol. The molecule has 0 spiro atoms. The van der Waals surface area contributed by atoms with Gasteiger partial charge in [-0.15, -0.1) is 0 Å². The van der Waals surface area contributed by atoms with Crippen molar-refractivity contribution in [2.24, 2.45) is 0 Å². The molecule has 0 bridgehead atoms. The van der Waals surface area contributed by atoms with Crippen LogP contribution in [0.15, 0.2) is 30.6 Å². The molecule has 14 heteroatoms. The van der Waals surface area contributed by atoms with Crippen molar-refractivity contribution in [2.45, 2.75) is 32.9 Å². The molecule has 1 amide bonds. The highest BCUT2D eigenvalue weighted by Crippen LogP contribution is 2.37. The standard InChI is InChI=1S/C22H27ClFN7O4S/c1-12(2)31-11-16(17-6-7-25-21(28-17)26-10-13(3)27-22(32)35-4)20(29-31)15-8-14(23)9-18(19(15)24)30-36(5,33)34/h6-9,11-13,30H,10H2,1-5H3,(H,27,32)(H,25,26,28)/t13-/m0/s1/i4D3,5D3. The minimum absolute atomic E-state index is 0.0325. The Hall–Kier alpha value is -3.45. The Balaban J connectivity index is 1.97. The molecule has 3 rings (SSSR count). The number of carbonyl (C=O) groups is 1. The van der Waals surface area contributed by atoms with Gasteiger partial charge in [0.15, 0.2) is 5.82 Å². The predicted molar refractivity (Wildman–Crippen MR) is 136 cm³/mol. The fourth-order valence-electron chi connectivity index (χ4n) is 3.14. The third-order valence-corrected chi connectivity index (χ3v) is 5.46. The van der Waals surface area contributed by atoms with Crippen molar-refractivity contribution >= 4 is 39.4 Å². The molecule has 0 aliphatic heterocycles. The second-order valence-electron chi connectivity index (χ2n) is 7.97. The van der Waals surface area contributed by atoms with E-state index in [-0.39, 0.29) is 40.5 Å². The lowest BCUT2D eigenvalue weighted by Crippen LogP contribution is -2.37. The molecule has 36 heavy (non-hydrogen) atoms. The maximum Gasteiger partial charge on any atom is 0.407 e. The molecule has 3 aromatic rings. The van der Waals surface area contributed by atoms with E-state index in [2.05, 4.69) is 30.4 Å². The molecule has 0 saturated carbocycles. The molecule has 2 heterocycles. The van der Waals surface area contributed by atoms with Gasteiger partial charge in [-0.05, 0) is 39.0 Å². The fourth-order valence-corrected chi connectivity index (χ4v) is 3.80. The van der Waals surface area contributed by atoms with E-state index in [9.17, 15) is 13.2 Å². The number of alkyl carbamates (subject to hydrolysis) is 1. The Morgan fingerprint density at radius 3 is 2.78 bits per heavy atom. The average Bonchev–Trinajstić information content (AvgIpc) is 3.28. The van der Waals surface area contributed by atoms with Crippen molar-refractivity contribution in [1.29, 1.82) is 0 Å². The number of sulfonamides is 1. The minimum atomic E-state index is -4.96. The van der Waals surface area contributed by atoms with E-state index in [1.807, 2.05) is 13.8 Å². The number of nitrogens with zero attached hydrogens (tertiary/aromatic N) is 4. The highest BCUT2D eigenvalue weighted by Gasteiger charge is 2.22. The fraction of sp³-hybridized carbons (Fsp3) is 0.364. The first-order chi connectivity index (χ1) is 19.3. The van der Waals surface area contributed by atoms with Crippen molar-refractivity contribution in [3.8, 4) is 22.5 Å². The Morgan fingerprint density at radius 2 is 2.08 bits per heavy atom. The highest BCUT2D eigenvalue weighted by atomic mass is 35.5. The summed E-state index contributed by atoms with van der Waals surface area (Å²) in [6, 6.07) is 2.90. The number of amides is 1. The Bertz CT molecular complexity index is 1570. The van der Waals surface area contributed by atoms with Crippen LogP contribution in [0, 0.1) is 5.82 Å². The monoisotopic (exact) mass is 545 g/mol. The third-order valence-electron chi connectivity index (χ3n) is 4.75. The van der Waals surface area contributed by atoms with Gasteiger partial charge in [-0.25, -0.2) is 27.6 Å². The first-order valence-electron chi connectivity index (χ1n) is 13.4. The smallest absolute Gasteiger partial charge is 0.407 e. The van der Waals surface area contributed by atoms with Gasteiger partial charge in [0.05, 0.1) is 28.7 Å². The SMILES string of the molecule is [2H]C([2H])([2H])OC(=O)N[C@@H](C)CNc1nccc(-c2cn(C(C)C)nc2-c2cc(Cl)cc(NS(=O)(=O)C([2H])([2H])[2H])c2F)n1. The average molecular weight is 546 g/mol. The molecular formula is C22H27ClFN7O4S. The quantitative estimate of drug-likeness (QED) is 0.367. The molecule has 0 fully saturated rings. The van der Waals surface area contributed by atoms with Crippen LogP contribution >= 0.6 is 11.6 Å². The summed E-state index contributed by atoms with van der Waals surface area (Å²) < 4.78 is 90.2. The molecule has 0 saturated heterocycles. The van der Waals surface area contributed by atoms with Crippen molar-refractivity contribution in [2.75, 3.05) is 29.8 Å². The van der Waals surface area contributed by atoms with E-state index < -0.39 is 46.9 Å². The summed E-state index contributed by atoms with van der Waals surface area (Å²) in [5.74, 6) is -1.01. The van der Waals surface area contributed by atoms with Gasteiger partial charge in [0.2, 0.25) is 16.0 Å². The lowest BCUT2D eigenvalue weighted by molar-refractivity contribution is 0.168. The van der Waals surface area contributed by atoms with Gasteiger partial charge in [0, 0.05) is 51.3 Å². The highest BCUT2D eigenvalue weighted by molar-refractivity contribution is 7.92. The third kappa shape index (κ3) is 6.82. The maximum absolute atomic E-state index is 15.7. The summed E-state index contributed by atoms with van der Waals surface area (Å²) in [6.07, 6.45) is -1.59. The molecule has 2 aromatic heterocycles. The zero-order valence-electron chi connectivity index (χ0n) is 25.3. The van der Waals surface area contributed by atoms with Crippen LogP contribution in [-0.2, 0) is 14.8 Å². The van der Waals surface area contributed by atoms with Crippen LogP contribution in [0.4, 0.5) is 20.8 Å². The molecule has 11 nitrogen and oxygen atoms in total. The topological polar surface area (TPSA) is 140 Å². The second-order valence-corrected chi connectivity index (χ2v) is 9.61. The molecule has 1 atom stereocenters. The number of methoxy groups -OCH3 is 1. The Labute approximate surface area is 221 Å². The number of ether oxygens (including phenoxy) is 1. The van der Waals surface area contributed by atoms with Crippen LogP contribution in [0.3, 0.4) is 0 Å². The molecule has 0 aliphatic rings. The summed E-state index contributed by atoms with van der Waals surface area (Å²) >= 11 is 6.17. The van der Waals surface area contributed by atoms with Crippen LogP contribution in [-0.4, -0.2) is 60.1 Å². The maximum atomic E-state index is 15.7. The number of rotatable bonds is 9. The first-order valence-corrected chi connectivity index (χ1v) is 12.3. The predicted octanol–water partition coefficient (Wildman–Crippen LogP) is 3.91. The first kappa shape index (κ1) is 19.7. The van der Waals surface area contributed by atoms with E-state index in [4.69, 9.17) is 19.8 Å².